The summed E-state index contributed by atoms with van der Waals surface area (Å²) in [6.07, 6.45) is 2.95. The zero-order chi connectivity index (χ0) is 27.0. The summed E-state index contributed by atoms with van der Waals surface area (Å²) in [6.45, 7) is 0. The van der Waals surface area contributed by atoms with E-state index in [1.807, 2.05) is 12.1 Å². The monoisotopic (exact) mass is 514 g/mol. The zero-order valence-corrected chi connectivity index (χ0v) is 20.6. The smallest absolute Gasteiger partial charge is 0.166 e. The van der Waals surface area contributed by atoms with Crippen LogP contribution in [-0.2, 0) is 0 Å². The molecule has 4 aromatic carbocycles. The van der Waals surface area contributed by atoms with Gasteiger partial charge in [0.15, 0.2) is 23.0 Å². The Morgan fingerprint density at radius 1 is 0.632 bits per heavy atom. The number of aromatic hydroxyl groups is 5. The van der Waals surface area contributed by atoms with Crippen molar-refractivity contribution < 1.29 is 39.7 Å². The van der Waals surface area contributed by atoms with Crippen molar-refractivity contribution in [3.63, 3.8) is 0 Å². The predicted molar refractivity (Wildman–Crippen MR) is 141 cm³/mol. The van der Waals surface area contributed by atoms with E-state index in [-0.39, 0.29) is 34.5 Å². The molecule has 0 saturated heterocycles. The van der Waals surface area contributed by atoms with Gasteiger partial charge >= 0.3 is 0 Å². The molecular weight excluding hydrogens is 488 g/mol. The summed E-state index contributed by atoms with van der Waals surface area (Å²) < 4.78 is 17.4. The Kier molecular flexibility index (Phi) is 6.38. The highest BCUT2D eigenvalue weighted by atomic mass is 16.5. The number of phenolic OH excluding ortho intramolecular Hbond substituents is 5. The molecule has 1 heterocycles. The van der Waals surface area contributed by atoms with Crippen molar-refractivity contribution in [2.45, 2.75) is 12.0 Å². The van der Waals surface area contributed by atoms with Crippen LogP contribution in [0.4, 0.5) is 0 Å². The van der Waals surface area contributed by atoms with Crippen molar-refractivity contribution in [3.05, 3.63) is 94.5 Å². The van der Waals surface area contributed by atoms with Gasteiger partial charge in [-0.1, -0.05) is 18.2 Å². The lowest BCUT2D eigenvalue weighted by molar-refractivity contribution is 0.213. The van der Waals surface area contributed by atoms with Gasteiger partial charge in [0.1, 0.15) is 29.1 Å². The quantitative estimate of drug-likeness (QED) is 0.208. The second-order valence-electron chi connectivity index (χ2n) is 8.99. The Bertz CT molecular complexity index is 1500. The second-order valence-corrected chi connectivity index (χ2v) is 8.99. The van der Waals surface area contributed by atoms with Crippen LogP contribution in [0.25, 0.3) is 12.2 Å². The third kappa shape index (κ3) is 4.71. The van der Waals surface area contributed by atoms with E-state index in [4.69, 9.17) is 14.2 Å². The number of hydrogen-bond acceptors (Lipinski definition) is 8. The fraction of sp³-hybridized carbons (Fsp3) is 0.133. The number of rotatable bonds is 6. The molecule has 0 bridgehead atoms. The van der Waals surface area contributed by atoms with Gasteiger partial charge in [0.05, 0.1) is 20.1 Å². The summed E-state index contributed by atoms with van der Waals surface area (Å²) in [6, 6.07) is 17.3. The topological polar surface area (TPSA) is 129 Å². The molecule has 0 amide bonds. The normalized spacial score (nSPS) is 16.3. The molecule has 0 fully saturated rings. The number of phenols is 5. The van der Waals surface area contributed by atoms with Crippen molar-refractivity contribution >= 4 is 12.2 Å². The molecule has 1 aliphatic rings. The minimum atomic E-state index is -0.600. The standard InChI is InChI=1S/C30H26O8/c1-36-26-13-18(5-6-25(26)35)29-28(19-11-22(33)15-23(34)12-19)24-9-17(10-27(37-2)30(24)38-29)4-3-16-7-20(31)14-21(32)8-16/h3-15,28-29,31-35H,1-2H3/b4-3+/t28?,29-/m1/s1. The van der Waals surface area contributed by atoms with E-state index >= 15 is 0 Å². The van der Waals surface area contributed by atoms with Crippen LogP contribution < -0.4 is 14.2 Å². The summed E-state index contributed by atoms with van der Waals surface area (Å²) in [5, 5.41) is 50.2. The molecule has 8 heteroatoms. The molecule has 194 valence electrons. The van der Waals surface area contributed by atoms with Crippen LogP contribution in [0.1, 0.15) is 39.8 Å². The molecule has 1 aliphatic heterocycles. The number of ether oxygens (including phenoxy) is 3. The van der Waals surface area contributed by atoms with Gasteiger partial charge in [-0.05, 0) is 70.8 Å². The molecule has 0 aromatic heterocycles. The van der Waals surface area contributed by atoms with E-state index in [9.17, 15) is 25.5 Å². The average molecular weight is 515 g/mol. The van der Waals surface area contributed by atoms with Crippen molar-refractivity contribution in [1.29, 1.82) is 0 Å². The van der Waals surface area contributed by atoms with Gasteiger partial charge in [0.2, 0.25) is 0 Å². The molecule has 0 aliphatic carbocycles. The van der Waals surface area contributed by atoms with Gasteiger partial charge in [-0.3, -0.25) is 0 Å². The first kappa shape index (κ1) is 24.7. The molecule has 1 unspecified atom stereocenters. The van der Waals surface area contributed by atoms with Gasteiger partial charge in [0, 0.05) is 17.7 Å². The highest BCUT2D eigenvalue weighted by molar-refractivity contribution is 5.74. The summed E-state index contributed by atoms with van der Waals surface area (Å²) >= 11 is 0. The molecular formula is C30H26O8. The summed E-state index contributed by atoms with van der Waals surface area (Å²) in [7, 11) is 2.99. The van der Waals surface area contributed by atoms with Crippen molar-refractivity contribution in [2.24, 2.45) is 0 Å². The van der Waals surface area contributed by atoms with Gasteiger partial charge < -0.3 is 39.7 Å². The fourth-order valence-electron chi connectivity index (χ4n) is 4.80. The van der Waals surface area contributed by atoms with Crippen LogP contribution >= 0.6 is 0 Å². The van der Waals surface area contributed by atoms with Gasteiger partial charge in [-0.15, -0.1) is 0 Å². The number of benzene rings is 4. The average Bonchev–Trinajstić information content (AvgIpc) is 3.25. The predicted octanol–water partition coefficient (Wildman–Crippen LogP) is 5.67. The SMILES string of the molecule is COc1cc([C@H]2Oc3c(OC)cc(/C=C/c4cc(O)cc(O)c4)cc3C2c2cc(O)cc(O)c2)ccc1O. The van der Waals surface area contributed by atoms with E-state index in [1.165, 1.54) is 44.6 Å². The van der Waals surface area contributed by atoms with E-state index in [0.29, 0.717) is 28.2 Å². The first-order chi connectivity index (χ1) is 18.2. The third-order valence-electron chi connectivity index (χ3n) is 6.42. The first-order valence-electron chi connectivity index (χ1n) is 11.7. The number of methoxy groups -OCH3 is 2. The minimum Gasteiger partial charge on any atom is -0.508 e. The molecule has 4 aromatic rings. The molecule has 38 heavy (non-hydrogen) atoms. The molecule has 8 nitrogen and oxygen atoms in total. The van der Waals surface area contributed by atoms with Gasteiger partial charge in [-0.2, -0.15) is 0 Å². The van der Waals surface area contributed by atoms with E-state index in [1.54, 1.807) is 36.4 Å². The van der Waals surface area contributed by atoms with Gasteiger partial charge in [0.25, 0.3) is 0 Å². The van der Waals surface area contributed by atoms with Crippen LogP contribution in [-0.4, -0.2) is 39.8 Å². The lowest BCUT2D eigenvalue weighted by Crippen LogP contribution is -2.11. The lowest BCUT2D eigenvalue weighted by atomic mass is 9.84. The summed E-state index contributed by atoms with van der Waals surface area (Å²) in [5.74, 6) is 0.480. The van der Waals surface area contributed by atoms with E-state index in [0.717, 1.165) is 11.1 Å². The molecule has 0 saturated carbocycles. The largest absolute Gasteiger partial charge is 0.508 e. The van der Waals surface area contributed by atoms with Crippen molar-refractivity contribution in [1.82, 2.24) is 0 Å². The summed E-state index contributed by atoms with van der Waals surface area (Å²) in [4.78, 5) is 0. The Labute approximate surface area is 218 Å². The highest BCUT2D eigenvalue weighted by Crippen LogP contribution is 2.54. The number of fused-ring (bicyclic) bond motifs is 1. The van der Waals surface area contributed by atoms with Gasteiger partial charge in [-0.25, -0.2) is 0 Å². The Morgan fingerprint density at radius 3 is 1.82 bits per heavy atom. The first-order valence-corrected chi connectivity index (χ1v) is 11.7. The van der Waals surface area contributed by atoms with Crippen LogP contribution in [0, 0.1) is 0 Å². The molecule has 5 N–H and O–H groups in total. The Morgan fingerprint density at radius 2 is 1.21 bits per heavy atom. The lowest BCUT2D eigenvalue weighted by Gasteiger charge is -2.21. The van der Waals surface area contributed by atoms with Crippen LogP contribution in [0.5, 0.6) is 46.0 Å². The molecule has 0 spiro atoms. The van der Waals surface area contributed by atoms with Crippen LogP contribution in [0.15, 0.2) is 66.7 Å². The summed E-state index contributed by atoms with van der Waals surface area (Å²) in [5.41, 5.74) is 3.43. The van der Waals surface area contributed by atoms with Crippen LogP contribution in [0.3, 0.4) is 0 Å². The molecule has 2 atom stereocenters. The zero-order valence-electron chi connectivity index (χ0n) is 20.6. The molecule has 5 rings (SSSR count). The Hall–Kier alpha value is -4.98. The second kappa shape index (κ2) is 9.82. The van der Waals surface area contributed by atoms with E-state index < -0.39 is 12.0 Å². The highest BCUT2D eigenvalue weighted by Gasteiger charge is 2.39. The van der Waals surface area contributed by atoms with Crippen molar-refractivity contribution in [2.75, 3.05) is 14.2 Å². The number of hydrogen-bond donors (Lipinski definition) is 5. The van der Waals surface area contributed by atoms with Crippen molar-refractivity contribution in [3.8, 4) is 46.0 Å². The maximum absolute atomic E-state index is 10.3. The minimum absolute atomic E-state index is 0.0127. The van der Waals surface area contributed by atoms with E-state index in [2.05, 4.69) is 0 Å². The fourth-order valence-corrected chi connectivity index (χ4v) is 4.80. The maximum atomic E-state index is 10.3. The third-order valence-corrected chi connectivity index (χ3v) is 6.42. The van der Waals surface area contributed by atoms with Crippen LogP contribution in [0.2, 0.25) is 0 Å². The maximum Gasteiger partial charge on any atom is 0.166 e. The Balaban J connectivity index is 1.65. The molecule has 0 radical (unpaired) electrons.